The second-order valence-corrected chi connectivity index (χ2v) is 7.30. The van der Waals surface area contributed by atoms with Gasteiger partial charge < -0.3 is 14.2 Å². The summed E-state index contributed by atoms with van der Waals surface area (Å²) in [6, 6.07) is 5.20. The normalized spacial score (nSPS) is 16.2. The molecule has 5 nitrogen and oxygen atoms in total. The van der Waals surface area contributed by atoms with Crippen molar-refractivity contribution in [1.82, 2.24) is 0 Å². The Morgan fingerprint density at radius 1 is 1.04 bits per heavy atom. The zero-order valence-corrected chi connectivity index (χ0v) is 16.2. The van der Waals surface area contributed by atoms with Crippen molar-refractivity contribution in [3.63, 3.8) is 0 Å². The summed E-state index contributed by atoms with van der Waals surface area (Å²) in [7, 11) is 3.02. The monoisotopic (exact) mass is 362 g/mol. The van der Waals surface area contributed by atoms with Gasteiger partial charge in [0, 0.05) is 0 Å². The maximum absolute atomic E-state index is 13.4. The third-order valence-corrected chi connectivity index (χ3v) is 4.89. The van der Waals surface area contributed by atoms with Gasteiger partial charge in [0.05, 0.1) is 20.8 Å². The number of esters is 1. The Hall–Kier alpha value is -2.04. The SMILES string of the molecule is COc1cccc(OC)c1C(=O)C(C(=O)OCC(C)C)C1CCCCC1. The number of carbonyl (C=O) groups excluding carboxylic acids is 2. The molecule has 0 spiro atoms. The van der Waals surface area contributed by atoms with Gasteiger partial charge in [0.15, 0.2) is 5.78 Å². The molecule has 0 aliphatic heterocycles. The molecule has 1 unspecified atom stereocenters. The molecule has 0 saturated heterocycles. The zero-order valence-electron chi connectivity index (χ0n) is 16.2. The van der Waals surface area contributed by atoms with Crippen molar-refractivity contribution in [2.45, 2.75) is 46.0 Å². The quantitative estimate of drug-likeness (QED) is 0.392. The highest BCUT2D eigenvalue weighted by Crippen LogP contribution is 2.37. The molecule has 0 bridgehead atoms. The number of carbonyl (C=O) groups is 2. The predicted molar refractivity (Wildman–Crippen MR) is 99.7 cm³/mol. The van der Waals surface area contributed by atoms with Crippen LogP contribution < -0.4 is 9.47 Å². The molecule has 26 heavy (non-hydrogen) atoms. The fourth-order valence-corrected chi connectivity index (χ4v) is 3.57. The van der Waals surface area contributed by atoms with Gasteiger partial charge in [-0.25, -0.2) is 0 Å². The number of hydrogen-bond donors (Lipinski definition) is 0. The van der Waals surface area contributed by atoms with Crippen LogP contribution in [-0.2, 0) is 9.53 Å². The van der Waals surface area contributed by atoms with Gasteiger partial charge in [-0.15, -0.1) is 0 Å². The van der Waals surface area contributed by atoms with Crippen molar-refractivity contribution in [3.8, 4) is 11.5 Å². The van der Waals surface area contributed by atoms with E-state index in [1.54, 1.807) is 18.2 Å². The van der Waals surface area contributed by atoms with Crippen molar-refractivity contribution in [2.75, 3.05) is 20.8 Å². The highest BCUT2D eigenvalue weighted by atomic mass is 16.5. The van der Waals surface area contributed by atoms with Gasteiger partial charge in [0.2, 0.25) is 0 Å². The maximum Gasteiger partial charge on any atom is 0.317 e. The van der Waals surface area contributed by atoms with Gasteiger partial charge in [-0.05, 0) is 36.8 Å². The number of hydrogen-bond acceptors (Lipinski definition) is 5. The number of methoxy groups -OCH3 is 2. The van der Waals surface area contributed by atoms with Crippen LogP contribution in [0.5, 0.6) is 11.5 Å². The Kier molecular flexibility index (Phi) is 7.49. The minimum absolute atomic E-state index is 0.00512. The standard InChI is InChI=1S/C21H30O5/c1-14(2)13-26-21(23)18(15-9-6-5-7-10-15)20(22)19-16(24-3)11-8-12-17(19)25-4/h8,11-12,14-15,18H,5-7,9-10,13H2,1-4H3. The molecule has 144 valence electrons. The summed E-state index contributed by atoms with van der Waals surface area (Å²) in [6.45, 7) is 4.28. The second-order valence-electron chi connectivity index (χ2n) is 7.30. The summed E-state index contributed by atoms with van der Waals surface area (Å²) in [6.07, 6.45) is 4.95. The molecule has 1 fully saturated rings. The van der Waals surface area contributed by atoms with Gasteiger partial charge in [0.1, 0.15) is 23.0 Å². The minimum Gasteiger partial charge on any atom is -0.496 e. The van der Waals surface area contributed by atoms with E-state index in [0.29, 0.717) is 23.7 Å². The first-order valence-electron chi connectivity index (χ1n) is 9.41. The van der Waals surface area contributed by atoms with Crippen LogP contribution in [0.25, 0.3) is 0 Å². The summed E-state index contributed by atoms with van der Waals surface area (Å²) >= 11 is 0. The first-order chi connectivity index (χ1) is 12.5. The molecule has 0 aromatic heterocycles. The van der Waals surface area contributed by atoms with Crippen molar-refractivity contribution in [2.24, 2.45) is 17.8 Å². The highest BCUT2D eigenvalue weighted by Gasteiger charge is 2.39. The number of Topliss-reactive ketones (excluding diaryl/α,β-unsaturated/α-hetero) is 1. The summed E-state index contributed by atoms with van der Waals surface area (Å²) in [5.41, 5.74) is 0.328. The molecule has 0 N–H and O–H groups in total. The molecule has 0 radical (unpaired) electrons. The Labute approximate surface area is 156 Å². The van der Waals surface area contributed by atoms with E-state index in [1.165, 1.54) is 14.2 Å². The summed E-state index contributed by atoms with van der Waals surface area (Å²) in [5.74, 6) is -0.422. The molecule has 0 heterocycles. The molecule has 1 saturated carbocycles. The average Bonchev–Trinajstić information content (AvgIpc) is 2.66. The lowest BCUT2D eigenvalue weighted by Crippen LogP contribution is -2.35. The van der Waals surface area contributed by atoms with Gasteiger partial charge >= 0.3 is 5.97 Å². The topological polar surface area (TPSA) is 61.8 Å². The number of ether oxygens (including phenoxy) is 3. The molecule has 1 aliphatic rings. The van der Waals surface area contributed by atoms with Crippen LogP contribution >= 0.6 is 0 Å². The molecule has 1 atom stereocenters. The van der Waals surface area contributed by atoms with Crippen molar-refractivity contribution < 1.29 is 23.8 Å². The third-order valence-electron chi connectivity index (χ3n) is 4.89. The second kappa shape index (κ2) is 9.60. The molecular formula is C21H30O5. The lowest BCUT2D eigenvalue weighted by molar-refractivity contribution is -0.149. The van der Waals surface area contributed by atoms with E-state index in [-0.39, 0.29) is 17.6 Å². The van der Waals surface area contributed by atoms with Crippen LogP contribution in [0.2, 0.25) is 0 Å². The lowest BCUT2D eigenvalue weighted by atomic mass is 9.76. The van der Waals surface area contributed by atoms with E-state index in [9.17, 15) is 9.59 Å². The van der Waals surface area contributed by atoms with Crippen LogP contribution in [0.3, 0.4) is 0 Å². The molecule has 1 aromatic carbocycles. The molecular weight excluding hydrogens is 332 g/mol. The van der Waals surface area contributed by atoms with Crippen LogP contribution in [0.15, 0.2) is 18.2 Å². The fraction of sp³-hybridized carbons (Fsp3) is 0.619. The number of ketones is 1. The van der Waals surface area contributed by atoms with E-state index in [1.807, 2.05) is 13.8 Å². The Morgan fingerprint density at radius 2 is 1.62 bits per heavy atom. The first kappa shape index (κ1) is 20.3. The summed E-state index contributed by atoms with van der Waals surface area (Å²) < 4.78 is 16.2. The van der Waals surface area contributed by atoms with Gasteiger partial charge in [-0.1, -0.05) is 39.2 Å². The Bertz CT molecular complexity index is 595. The highest BCUT2D eigenvalue weighted by molar-refractivity contribution is 6.11. The number of rotatable bonds is 8. The Balaban J connectivity index is 2.38. The van der Waals surface area contributed by atoms with Crippen LogP contribution in [0, 0.1) is 17.8 Å². The van der Waals surface area contributed by atoms with E-state index in [4.69, 9.17) is 14.2 Å². The van der Waals surface area contributed by atoms with Crippen LogP contribution in [0.4, 0.5) is 0 Å². The molecule has 1 aliphatic carbocycles. The smallest absolute Gasteiger partial charge is 0.317 e. The van der Waals surface area contributed by atoms with E-state index in [0.717, 1.165) is 32.1 Å². The molecule has 1 aromatic rings. The molecule has 2 rings (SSSR count). The lowest BCUT2D eigenvalue weighted by Gasteiger charge is -2.28. The molecule has 5 heteroatoms. The average molecular weight is 362 g/mol. The van der Waals surface area contributed by atoms with E-state index < -0.39 is 11.9 Å². The van der Waals surface area contributed by atoms with Gasteiger partial charge in [0.25, 0.3) is 0 Å². The van der Waals surface area contributed by atoms with Crippen LogP contribution in [-0.4, -0.2) is 32.6 Å². The minimum atomic E-state index is -0.806. The van der Waals surface area contributed by atoms with E-state index >= 15 is 0 Å². The molecule has 0 amide bonds. The zero-order chi connectivity index (χ0) is 19.1. The van der Waals surface area contributed by atoms with Gasteiger partial charge in [-0.2, -0.15) is 0 Å². The van der Waals surface area contributed by atoms with Crippen molar-refractivity contribution in [3.05, 3.63) is 23.8 Å². The number of benzene rings is 1. The van der Waals surface area contributed by atoms with Gasteiger partial charge in [-0.3, -0.25) is 9.59 Å². The summed E-state index contributed by atoms with van der Waals surface area (Å²) in [5, 5.41) is 0. The van der Waals surface area contributed by atoms with Crippen LogP contribution in [0.1, 0.15) is 56.3 Å². The van der Waals surface area contributed by atoms with Crippen molar-refractivity contribution in [1.29, 1.82) is 0 Å². The first-order valence-corrected chi connectivity index (χ1v) is 9.41. The fourth-order valence-electron chi connectivity index (χ4n) is 3.57. The predicted octanol–water partition coefficient (Wildman–Crippen LogP) is 4.28. The Morgan fingerprint density at radius 3 is 2.12 bits per heavy atom. The third kappa shape index (κ3) is 4.77. The maximum atomic E-state index is 13.4. The summed E-state index contributed by atoms with van der Waals surface area (Å²) in [4.78, 5) is 26.3. The van der Waals surface area contributed by atoms with Crippen molar-refractivity contribution >= 4 is 11.8 Å². The largest absolute Gasteiger partial charge is 0.496 e. The van der Waals surface area contributed by atoms with E-state index in [2.05, 4.69) is 0 Å².